The first-order valence-corrected chi connectivity index (χ1v) is 11.5. The maximum Gasteiger partial charge on any atom is 0.339 e. The Morgan fingerprint density at radius 2 is 1.83 bits per heavy atom. The topological polar surface area (TPSA) is 82.4 Å². The Labute approximate surface area is 204 Å². The summed E-state index contributed by atoms with van der Waals surface area (Å²) < 4.78 is 38.4. The number of hydrogen-bond acceptors (Lipinski definition) is 6. The number of imidazole rings is 1. The van der Waals surface area contributed by atoms with Crippen LogP contribution < -0.4 is 10.1 Å². The summed E-state index contributed by atoms with van der Waals surface area (Å²) in [7, 11) is 1.54. The lowest BCUT2D eigenvalue weighted by molar-refractivity contribution is -0.113. The Morgan fingerprint density at radius 1 is 1.06 bits per heavy atom. The van der Waals surface area contributed by atoms with Crippen LogP contribution in [0.4, 0.5) is 14.5 Å². The highest BCUT2D eigenvalue weighted by atomic mass is 32.2. The van der Waals surface area contributed by atoms with Crippen molar-refractivity contribution in [3.8, 4) is 5.75 Å². The van der Waals surface area contributed by atoms with E-state index in [0.29, 0.717) is 21.8 Å². The molecule has 35 heavy (non-hydrogen) atoms. The van der Waals surface area contributed by atoms with Crippen molar-refractivity contribution in [2.24, 2.45) is 0 Å². The van der Waals surface area contributed by atoms with Gasteiger partial charge in [-0.1, -0.05) is 30.3 Å². The second-order valence-corrected chi connectivity index (χ2v) is 8.32. The maximum absolute atomic E-state index is 13.6. The second kappa shape index (κ2) is 11.0. The SMILES string of the molecule is COc1cccc(NC(=O)CSc2ccccc2C(=O)OCc2nc3ccccc3n2C(F)F)c1. The number of amides is 1. The normalized spacial score (nSPS) is 11.0. The number of para-hydroxylation sites is 2. The molecule has 1 heterocycles. The molecule has 0 fully saturated rings. The van der Waals surface area contributed by atoms with Crippen LogP contribution in [-0.2, 0) is 16.1 Å². The number of rotatable bonds is 9. The van der Waals surface area contributed by atoms with Gasteiger partial charge < -0.3 is 14.8 Å². The molecule has 0 saturated heterocycles. The van der Waals surface area contributed by atoms with Crippen molar-refractivity contribution in [2.45, 2.75) is 18.1 Å². The van der Waals surface area contributed by atoms with Crippen LogP contribution in [0.2, 0.25) is 0 Å². The van der Waals surface area contributed by atoms with Crippen molar-refractivity contribution >= 4 is 40.4 Å². The Bertz CT molecular complexity index is 1360. The molecule has 0 aliphatic rings. The predicted octanol–water partition coefficient (Wildman–Crippen LogP) is 5.53. The van der Waals surface area contributed by atoms with E-state index < -0.39 is 19.1 Å². The highest BCUT2D eigenvalue weighted by Gasteiger charge is 2.20. The first kappa shape index (κ1) is 24.2. The molecule has 4 rings (SSSR count). The van der Waals surface area contributed by atoms with Crippen LogP contribution in [0.25, 0.3) is 11.0 Å². The Hall–Kier alpha value is -3.92. The van der Waals surface area contributed by atoms with E-state index in [2.05, 4.69) is 10.3 Å². The van der Waals surface area contributed by atoms with Gasteiger partial charge in [-0.2, -0.15) is 8.78 Å². The number of methoxy groups -OCH3 is 1. The summed E-state index contributed by atoms with van der Waals surface area (Å²) in [6, 6.07) is 20.1. The number of thioether (sulfide) groups is 1. The zero-order chi connectivity index (χ0) is 24.8. The molecule has 3 aromatic carbocycles. The second-order valence-electron chi connectivity index (χ2n) is 7.31. The molecule has 180 valence electrons. The maximum atomic E-state index is 13.6. The number of carbonyl (C=O) groups excluding carboxylic acids is 2. The molecule has 0 aliphatic carbocycles. The molecular formula is C25H21F2N3O4S. The fourth-order valence-electron chi connectivity index (χ4n) is 3.42. The molecule has 0 radical (unpaired) electrons. The zero-order valence-corrected chi connectivity index (χ0v) is 19.4. The lowest BCUT2D eigenvalue weighted by Gasteiger charge is -2.11. The molecular weight excluding hydrogens is 476 g/mol. The molecule has 0 saturated carbocycles. The largest absolute Gasteiger partial charge is 0.497 e. The van der Waals surface area contributed by atoms with Crippen LogP contribution >= 0.6 is 11.8 Å². The van der Waals surface area contributed by atoms with Gasteiger partial charge in [-0.25, -0.2) is 9.78 Å². The Kier molecular flexibility index (Phi) is 7.61. The van der Waals surface area contributed by atoms with Crippen molar-refractivity contribution in [3.63, 3.8) is 0 Å². The van der Waals surface area contributed by atoms with Gasteiger partial charge in [0.2, 0.25) is 5.91 Å². The van der Waals surface area contributed by atoms with Crippen LogP contribution in [0.15, 0.2) is 77.7 Å². The van der Waals surface area contributed by atoms with E-state index in [1.165, 1.54) is 13.2 Å². The van der Waals surface area contributed by atoms with Crippen molar-refractivity contribution in [2.75, 3.05) is 18.2 Å². The van der Waals surface area contributed by atoms with E-state index in [0.717, 1.165) is 16.3 Å². The molecule has 1 N–H and O–H groups in total. The summed E-state index contributed by atoms with van der Waals surface area (Å²) in [5.74, 6) is -0.365. The number of esters is 1. The van der Waals surface area contributed by atoms with Gasteiger partial charge in [-0.3, -0.25) is 9.36 Å². The van der Waals surface area contributed by atoms with Crippen LogP contribution in [0, 0.1) is 0 Å². The van der Waals surface area contributed by atoms with Gasteiger partial charge in [0.15, 0.2) is 5.82 Å². The fraction of sp³-hybridized carbons (Fsp3) is 0.160. The molecule has 0 bridgehead atoms. The molecule has 0 unspecified atom stereocenters. The number of carbonyl (C=O) groups is 2. The molecule has 1 amide bonds. The quantitative estimate of drug-likeness (QED) is 0.242. The van der Waals surface area contributed by atoms with Gasteiger partial charge in [0, 0.05) is 16.6 Å². The van der Waals surface area contributed by atoms with Gasteiger partial charge >= 0.3 is 12.5 Å². The predicted molar refractivity (Wildman–Crippen MR) is 129 cm³/mol. The molecule has 1 aromatic heterocycles. The summed E-state index contributed by atoms with van der Waals surface area (Å²) in [6.45, 7) is -3.25. The number of aromatic nitrogens is 2. The standard InChI is InChI=1S/C25H21F2N3O4S/c1-33-17-8-6-7-16(13-17)28-23(31)15-35-21-12-5-2-9-18(21)24(32)34-14-22-29-19-10-3-4-11-20(19)30(22)25(26)27/h2-13,25H,14-15H2,1H3,(H,28,31). The summed E-state index contributed by atoms with van der Waals surface area (Å²) in [6.07, 6.45) is 0. The lowest BCUT2D eigenvalue weighted by atomic mass is 10.2. The molecule has 7 nitrogen and oxygen atoms in total. The molecule has 0 atom stereocenters. The lowest BCUT2D eigenvalue weighted by Crippen LogP contribution is -2.15. The monoisotopic (exact) mass is 497 g/mol. The minimum Gasteiger partial charge on any atom is -0.497 e. The van der Waals surface area contributed by atoms with Gasteiger partial charge in [-0.05, 0) is 36.4 Å². The molecule has 0 spiro atoms. The molecule has 10 heteroatoms. The number of anilines is 1. The van der Waals surface area contributed by atoms with Crippen LogP contribution in [-0.4, -0.2) is 34.3 Å². The van der Waals surface area contributed by atoms with E-state index in [1.807, 2.05) is 0 Å². The van der Waals surface area contributed by atoms with E-state index in [9.17, 15) is 18.4 Å². The fourth-order valence-corrected chi connectivity index (χ4v) is 4.26. The third-order valence-electron chi connectivity index (χ3n) is 5.02. The zero-order valence-electron chi connectivity index (χ0n) is 18.6. The van der Waals surface area contributed by atoms with Crippen LogP contribution in [0.5, 0.6) is 5.75 Å². The van der Waals surface area contributed by atoms with E-state index in [1.54, 1.807) is 66.7 Å². The molecule has 4 aromatic rings. The number of alkyl halides is 2. The average molecular weight is 498 g/mol. The van der Waals surface area contributed by atoms with Gasteiger partial charge in [0.1, 0.15) is 12.4 Å². The van der Waals surface area contributed by atoms with E-state index >= 15 is 0 Å². The number of ether oxygens (including phenoxy) is 2. The highest BCUT2D eigenvalue weighted by molar-refractivity contribution is 8.00. The first-order valence-electron chi connectivity index (χ1n) is 10.5. The van der Waals surface area contributed by atoms with E-state index in [-0.39, 0.29) is 28.6 Å². The minimum absolute atomic E-state index is 0.0443. The van der Waals surface area contributed by atoms with E-state index in [4.69, 9.17) is 9.47 Å². The number of benzene rings is 3. The van der Waals surface area contributed by atoms with Crippen molar-refractivity contribution in [3.05, 3.63) is 84.2 Å². The summed E-state index contributed by atoms with van der Waals surface area (Å²) in [5, 5.41) is 2.77. The van der Waals surface area contributed by atoms with Crippen molar-refractivity contribution in [1.82, 2.24) is 9.55 Å². The van der Waals surface area contributed by atoms with Gasteiger partial charge in [-0.15, -0.1) is 11.8 Å². The Balaban J connectivity index is 1.41. The average Bonchev–Trinajstić information content (AvgIpc) is 3.25. The number of nitrogens with zero attached hydrogens (tertiary/aromatic N) is 2. The van der Waals surface area contributed by atoms with Crippen molar-refractivity contribution < 1.29 is 27.8 Å². The number of halogens is 2. The summed E-state index contributed by atoms with van der Waals surface area (Å²) in [5.41, 5.74) is 1.46. The third-order valence-corrected chi connectivity index (χ3v) is 6.09. The number of nitrogens with one attached hydrogen (secondary N) is 1. The van der Waals surface area contributed by atoms with Crippen LogP contribution in [0.1, 0.15) is 22.7 Å². The first-order chi connectivity index (χ1) is 17.0. The smallest absolute Gasteiger partial charge is 0.339 e. The van der Waals surface area contributed by atoms with Gasteiger partial charge in [0.05, 0.1) is 29.5 Å². The number of hydrogen-bond donors (Lipinski definition) is 1. The minimum atomic E-state index is -2.83. The number of fused-ring (bicyclic) bond motifs is 1. The molecule has 0 aliphatic heterocycles. The van der Waals surface area contributed by atoms with Gasteiger partial charge in [0.25, 0.3) is 0 Å². The third kappa shape index (κ3) is 5.78. The Morgan fingerprint density at radius 3 is 2.63 bits per heavy atom. The summed E-state index contributed by atoms with van der Waals surface area (Å²) >= 11 is 1.16. The van der Waals surface area contributed by atoms with Crippen molar-refractivity contribution in [1.29, 1.82) is 0 Å². The summed E-state index contributed by atoms with van der Waals surface area (Å²) in [4.78, 5) is 29.9. The highest BCUT2D eigenvalue weighted by Crippen LogP contribution is 2.26. The van der Waals surface area contributed by atoms with Crippen LogP contribution in [0.3, 0.4) is 0 Å².